The Balaban J connectivity index is 1.76. The number of rotatable bonds is 2. The second-order valence-electron chi connectivity index (χ2n) is 7.39. The van der Waals surface area contributed by atoms with Gasteiger partial charge in [0.05, 0.1) is 0 Å². The Bertz CT molecular complexity index is 783. The van der Waals surface area contributed by atoms with Gasteiger partial charge in [-0.1, -0.05) is 11.6 Å². The van der Waals surface area contributed by atoms with Crippen LogP contribution in [0.3, 0.4) is 0 Å². The van der Waals surface area contributed by atoms with E-state index in [0.717, 1.165) is 18.7 Å². The van der Waals surface area contributed by atoms with Gasteiger partial charge in [0.25, 0.3) is 0 Å². The largest absolute Gasteiger partial charge is 0.486 e. The van der Waals surface area contributed by atoms with Crippen LogP contribution in [0.2, 0.25) is 5.02 Å². The summed E-state index contributed by atoms with van der Waals surface area (Å²) < 4.78 is 17.9. The van der Waals surface area contributed by atoms with Gasteiger partial charge in [-0.15, -0.1) is 0 Å². The van der Waals surface area contributed by atoms with Gasteiger partial charge in [0, 0.05) is 42.7 Å². The fourth-order valence-corrected chi connectivity index (χ4v) is 4.50. The molecule has 4 unspecified atom stereocenters. The smallest absolute Gasteiger partial charge is 0.332 e. The summed E-state index contributed by atoms with van der Waals surface area (Å²) in [6.07, 6.45) is 0.997. The lowest BCUT2D eigenvalue weighted by Crippen LogP contribution is -2.77. The summed E-state index contributed by atoms with van der Waals surface area (Å²) >= 11 is 5.97. The maximum absolute atomic E-state index is 12.4. The summed E-state index contributed by atoms with van der Waals surface area (Å²) in [5, 5.41) is 0.609. The van der Waals surface area contributed by atoms with E-state index in [-0.39, 0.29) is 5.92 Å². The topological polar surface area (TPSA) is 68.3 Å². The van der Waals surface area contributed by atoms with Gasteiger partial charge in [-0.25, -0.2) is 9.59 Å². The highest BCUT2D eigenvalue weighted by Gasteiger charge is 2.63. The molecular formula is C19H21ClN2O5. The third-order valence-electron chi connectivity index (χ3n) is 5.26. The van der Waals surface area contributed by atoms with E-state index in [2.05, 4.69) is 4.90 Å². The number of hydrogen-bond acceptors (Lipinski definition) is 7. The number of likely N-dealkylation sites (N-methyl/N-ethyl adjacent to an activating group) is 2. The number of piperidine rings is 2. The van der Waals surface area contributed by atoms with Gasteiger partial charge in [0.1, 0.15) is 11.9 Å². The van der Waals surface area contributed by atoms with Crippen molar-refractivity contribution in [2.24, 2.45) is 5.92 Å². The van der Waals surface area contributed by atoms with E-state index in [4.69, 9.17) is 25.8 Å². The zero-order chi connectivity index (χ0) is 19.2. The molecule has 8 heteroatoms. The average molecular weight is 393 g/mol. The minimum Gasteiger partial charge on any atom is -0.486 e. The molecule has 3 aliphatic rings. The number of carbonyl (C=O) groups excluding carboxylic acids is 2. The molecule has 0 radical (unpaired) electrons. The van der Waals surface area contributed by atoms with Gasteiger partial charge < -0.3 is 19.1 Å². The molecule has 7 nitrogen and oxygen atoms in total. The van der Waals surface area contributed by atoms with Crippen molar-refractivity contribution in [3.05, 3.63) is 41.4 Å². The summed E-state index contributed by atoms with van der Waals surface area (Å²) in [6.45, 7) is 1.81. The van der Waals surface area contributed by atoms with Crippen molar-refractivity contribution in [3.63, 3.8) is 0 Å². The highest BCUT2D eigenvalue weighted by Crippen LogP contribution is 2.42. The molecule has 2 fully saturated rings. The molecule has 0 N–H and O–H groups in total. The van der Waals surface area contributed by atoms with Crippen molar-refractivity contribution in [3.8, 4) is 5.75 Å². The molecule has 1 aromatic rings. The van der Waals surface area contributed by atoms with Crippen LogP contribution < -0.4 is 4.74 Å². The third kappa shape index (κ3) is 3.31. The molecule has 3 aliphatic heterocycles. The monoisotopic (exact) mass is 392 g/mol. The fraction of sp³-hybridized carbons (Fsp3) is 0.474. The minimum absolute atomic E-state index is 0.0654. The van der Waals surface area contributed by atoms with Gasteiger partial charge in [-0.3, -0.25) is 4.90 Å². The number of halogens is 1. The number of benzene rings is 1. The van der Waals surface area contributed by atoms with E-state index >= 15 is 0 Å². The molecule has 2 bridgehead atoms. The molecule has 0 aliphatic carbocycles. The van der Waals surface area contributed by atoms with E-state index in [0.29, 0.717) is 23.9 Å². The summed E-state index contributed by atoms with van der Waals surface area (Å²) in [5.41, 5.74) is -1.14. The van der Waals surface area contributed by atoms with Crippen molar-refractivity contribution in [1.82, 2.24) is 9.80 Å². The molecule has 27 heavy (non-hydrogen) atoms. The molecule has 1 aromatic carbocycles. The van der Waals surface area contributed by atoms with E-state index in [1.54, 1.807) is 24.3 Å². The molecular weight excluding hydrogens is 372 g/mol. The molecule has 3 heterocycles. The van der Waals surface area contributed by atoms with Crippen molar-refractivity contribution in [2.45, 2.75) is 17.9 Å². The molecule has 1 spiro atoms. The van der Waals surface area contributed by atoms with Crippen LogP contribution in [0.4, 0.5) is 0 Å². The van der Waals surface area contributed by atoms with Crippen molar-refractivity contribution in [2.75, 3.05) is 33.7 Å². The Kier molecular flexibility index (Phi) is 4.61. The molecule has 0 amide bonds. The molecule has 144 valence electrons. The predicted octanol–water partition coefficient (Wildman–Crippen LogP) is 1.32. The van der Waals surface area contributed by atoms with E-state index in [1.165, 1.54) is 0 Å². The number of fused-ring (bicyclic) bond motifs is 1. The average Bonchev–Trinajstić information content (AvgIpc) is 2.60. The quantitative estimate of drug-likeness (QED) is 0.703. The number of likely N-dealkylation sites (tertiary alicyclic amines) is 2. The Morgan fingerprint density at radius 1 is 1.11 bits per heavy atom. The molecule has 4 atom stereocenters. The first-order chi connectivity index (χ1) is 12.9. The number of esters is 2. The Morgan fingerprint density at radius 2 is 1.81 bits per heavy atom. The van der Waals surface area contributed by atoms with Gasteiger partial charge >= 0.3 is 11.9 Å². The highest BCUT2D eigenvalue weighted by atomic mass is 35.5. The van der Waals surface area contributed by atoms with Crippen LogP contribution in [-0.2, 0) is 19.1 Å². The minimum atomic E-state index is -1.14. The number of ether oxygens (including phenoxy) is 3. The summed E-state index contributed by atoms with van der Waals surface area (Å²) in [5.74, 6) is -0.456. The predicted molar refractivity (Wildman–Crippen MR) is 97.3 cm³/mol. The zero-order valence-corrected chi connectivity index (χ0v) is 15.9. The summed E-state index contributed by atoms with van der Waals surface area (Å²) in [4.78, 5) is 28.5. The SMILES string of the molecule is CN1CC2CN(C)C3OC(=O)/C=C/C(=O)OC3(C1)C2Oc1ccc(Cl)cc1. The van der Waals surface area contributed by atoms with Crippen LogP contribution in [-0.4, -0.2) is 73.4 Å². The van der Waals surface area contributed by atoms with Crippen molar-refractivity contribution < 1.29 is 23.8 Å². The zero-order valence-electron chi connectivity index (χ0n) is 15.1. The van der Waals surface area contributed by atoms with Crippen LogP contribution in [0.25, 0.3) is 0 Å². The van der Waals surface area contributed by atoms with Gasteiger partial charge in [-0.2, -0.15) is 0 Å². The molecule has 0 saturated carbocycles. The first-order valence-corrected chi connectivity index (χ1v) is 9.18. The maximum Gasteiger partial charge on any atom is 0.332 e. The van der Waals surface area contributed by atoms with Crippen molar-refractivity contribution in [1.29, 1.82) is 0 Å². The lowest BCUT2D eigenvalue weighted by atomic mass is 9.76. The first kappa shape index (κ1) is 18.3. The van der Waals surface area contributed by atoms with Crippen LogP contribution in [0, 0.1) is 5.92 Å². The highest BCUT2D eigenvalue weighted by molar-refractivity contribution is 6.30. The standard InChI is InChI=1S/C19H21ClN2O5/c1-21-9-12-10-22(2)18-19(11-21,27-16(24)8-7-15(23)26-18)17(12)25-14-5-3-13(20)4-6-14/h3-8,12,17-18H,9-11H2,1-2H3/b8-7+. The second kappa shape index (κ2) is 6.82. The number of nitrogens with zero attached hydrogens (tertiary/aromatic N) is 2. The fourth-order valence-electron chi connectivity index (χ4n) is 4.38. The first-order valence-electron chi connectivity index (χ1n) is 8.80. The van der Waals surface area contributed by atoms with E-state index < -0.39 is 29.9 Å². The van der Waals surface area contributed by atoms with Crippen LogP contribution in [0.15, 0.2) is 36.4 Å². The van der Waals surface area contributed by atoms with Crippen molar-refractivity contribution >= 4 is 23.5 Å². The Morgan fingerprint density at radius 3 is 2.56 bits per heavy atom. The van der Waals surface area contributed by atoms with Gasteiger partial charge in [0.15, 0.2) is 0 Å². The normalized spacial score (nSPS) is 35.3. The molecule has 4 rings (SSSR count). The lowest BCUT2D eigenvalue weighted by Gasteiger charge is -2.58. The van der Waals surface area contributed by atoms with Crippen LogP contribution >= 0.6 is 11.6 Å². The maximum atomic E-state index is 12.4. The third-order valence-corrected chi connectivity index (χ3v) is 5.52. The summed E-state index contributed by atoms with van der Waals surface area (Å²) in [6, 6.07) is 7.05. The van der Waals surface area contributed by atoms with E-state index in [1.807, 2.05) is 19.0 Å². The Hall–Kier alpha value is -2.09. The van der Waals surface area contributed by atoms with Crippen LogP contribution in [0.1, 0.15) is 0 Å². The number of carbonyl (C=O) groups is 2. The Labute approximate surface area is 162 Å². The van der Waals surface area contributed by atoms with Gasteiger partial charge in [0.2, 0.25) is 11.8 Å². The van der Waals surface area contributed by atoms with E-state index in [9.17, 15) is 9.59 Å². The van der Waals surface area contributed by atoms with Gasteiger partial charge in [-0.05, 0) is 38.4 Å². The lowest BCUT2D eigenvalue weighted by molar-refractivity contribution is -0.269. The number of hydrogen-bond donors (Lipinski definition) is 0. The molecule has 2 saturated heterocycles. The second-order valence-corrected chi connectivity index (χ2v) is 7.82. The molecule has 0 aromatic heterocycles. The van der Waals surface area contributed by atoms with Crippen LogP contribution in [0.5, 0.6) is 5.75 Å². The summed E-state index contributed by atoms with van der Waals surface area (Å²) in [7, 11) is 3.82.